The maximum Gasteiger partial charge on any atom is 0.413 e. The molecule has 0 bridgehead atoms. The van der Waals surface area contributed by atoms with Crippen LogP contribution in [0, 0.1) is 17.3 Å². The zero-order chi connectivity index (χ0) is 40.1. The van der Waals surface area contributed by atoms with Gasteiger partial charge in [-0.25, -0.2) is 9.78 Å². The zero-order valence-corrected chi connectivity index (χ0v) is 33.8. The van der Waals surface area contributed by atoms with Gasteiger partial charge in [0.05, 0.1) is 17.6 Å². The van der Waals surface area contributed by atoms with Gasteiger partial charge in [-0.2, -0.15) is 0 Å². The Morgan fingerprint density at radius 2 is 1.64 bits per heavy atom. The van der Waals surface area contributed by atoms with Gasteiger partial charge in [0.1, 0.15) is 18.8 Å². The van der Waals surface area contributed by atoms with Gasteiger partial charge in [0.15, 0.2) is 16.7 Å². The number of aromatic nitrogens is 1. The number of carbonyl (C=O) groups excluding carboxylic acids is 5. The first-order valence-electron chi connectivity index (χ1n) is 19.3. The van der Waals surface area contributed by atoms with Crippen molar-refractivity contribution in [3.8, 4) is 17.0 Å². The molecule has 2 fully saturated rings. The van der Waals surface area contributed by atoms with E-state index in [2.05, 4.69) is 27.8 Å². The van der Waals surface area contributed by atoms with Crippen molar-refractivity contribution >= 4 is 58.3 Å². The first-order valence-corrected chi connectivity index (χ1v) is 20.1. The van der Waals surface area contributed by atoms with Crippen molar-refractivity contribution in [3.63, 3.8) is 0 Å². The van der Waals surface area contributed by atoms with E-state index in [1.807, 2.05) is 64.1 Å². The van der Waals surface area contributed by atoms with Crippen molar-refractivity contribution < 1.29 is 33.4 Å². The van der Waals surface area contributed by atoms with Crippen molar-refractivity contribution in [1.82, 2.24) is 20.5 Å². The highest BCUT2D eigenvalue weighted by atomic mass is 35.5. The Kier molecular flexibility index (Phi) is 12.9. The SMILES string of the molecule is CCC[C@H](CC(=O)[C@@H]1C[C@@H](Oc2ccc(Cl)cn2)CN1C(=O)[C@@H](NC(=S)NC(=O)OCC1c2ccccc2-c2ccccc21)C(C)(C)C)C(=O)C(=O)CC1CC1. The van der Waals surface area contributed by atoms with Crippen LogP contribution in [0.25, 0.3) is 11.1 Å². The lowest BCUT2D eigenvalue weighted by molar-refractivity contribution is -0.143. The molecule has 6 rings (SSSR count). The number of thiocarbonyl (C=S) groups is 1. The van der Waals surface area contributed by atoms with Crippen LogP contribution in [0.4, 0.5) is 4.79 Å². The summed E-state index contributed by atoms with van der Waals surface area (Å²) in [6.07, 6.45) is 3.14. The molecule has 1 aromatic heterocycles. The maximum absolute atomic E-state index is 14.6. The van der Waals surface area contributed by atoms with E-state index in [1.165, 1.54) is 11.1 Å². The molecule has 56 heavy (non-hydrogen) atoms. The molecule has 0 spiro atoms. The number of pyridine rings is 1. The third-order valence-corrected chi connectivity index (χ3v) is 11.2. The quantitative estimate of drug-likeness (QED) is 0.119. The summed E-state index contributed by atoms with van der Waals surface area (Å²) in [5.74, 6) is -2.09. The largest absolute Gasteiger partial charge is 0.472 e. The highest BCUT2D eigenvalue weighted by Gasteiger charge is 2.46. The van der Waals surface area contributed by atoms with Crippen LogP contribution in [0.2, 0.25) is 5.02 Å². The molecule has 4 atom stereocenters. The number of carbonyl (C=O) groups is 5. The minimum atomic E-state index is -0.986. The second-order valence-corrected chi connectivity index (χ2v) is 17.0. The second-order valence-electron chi connectivity index (χ2n) is 16.1. The van der Waals surface area contributed by atoms with Gasteiger partial charge < -0.3 is 19.7 Å². The summed E-state index contributed by atoms with van der Waals surface area (Å²) in [4.78, 5) is 73.6. The molecule has 2 N–H and O–H groups in total. The number of hydrogen-bond acceptors (Lipinski definition) is 9. The number of rotatable bonds is 15. The number of nitrogens with one attached hydrogen (secondary N) is 2. The molecule has 2 aliphatic carbocycles. The summed E-state index contributed by atoms with van der Waals surface area (Å²) >= 11 is 11.6. The molecule has 2 amide bonds. The fourth-order valence-corrected chi connectivity index (χ4v) is 8.02. The molecule has 0 radical (unpaired) electrons. The minimum absolute atomic E-state index is 0.0490. The van der Waals surface area contributed by atoms with Crippen molar-refractivity contribution in [2.75, 3.05) is 13.2 Å². The summed E-state index contributed by atoms with van der Waals surface area (Å²) in [5, 5.41) is 5.91. The molecule has 11 nitrogen and oxygen atoms in total. The Balaban J connectivity index is 1.15. The Bertz CT molecular complexity index is 1930. The van der Waals surface area contributed by atoms with E-state index in [1.54, 1.807) is 12.1 Å². The predicted octanol–water partition coefficient (Wildman–Crippen LogP) is 7.23. The lowest BCUT2D eigenvalue weighted by Gasteiger charge is -2.36. The topological polar surface area (TPSA) is 144 Å². The number of Topliss-reactive ketones (excluding diaryl/α,β-unsaturated/α-hetero) is 3. The summed E-state index contributed by atoms with van der Waals surface area (Å²) in [5.41, 5.74) is 3.60. The molecule has 3 aromatic rings. The number of benzene rings is 2. The first kappa shape index (κ1) is 41.0. The maximum atomic E-state index is 14.6. The molecule has 1 saturated heterocycles. The molecule has 1 aliphatic heterocycles. The molecular formula is C43H49ClN4O7S. The third kappa shape index (κ3) is 9.81. The van der Waals surface area contributed by atoms with Crippen molar-refractivity contribution in [3.05, 3.63) is 83.0 Å². The molecule has 3 aliphatic rings. The number of fused-ring (bicyclic) bond motifs is 3. The molecule has 2 heterocycles. The van der Waals surface area contributed by atoms with E-state index in [0.717, 1.165) is 35.1 Å². The van der Waals surface area contributed by atoms with Gasteiger partial charge in [0, 0.05) is 43.4 Å². The van der Waals surface area contributed by atoms with Crippen LogP contribution in [0.5, 0.6) is 5.88 Å². The number of alkyl carbamates (subject to hydrolysis) is 1. The number of hydrogen-bond donors (Lipinski definition) is 2. The van der Waals surface area contributed by atoms with Gasteiger partial charge in [-0.3, -0.25) is 24.5 Å². The van der Waals surface area contributed by atoms with Gasteiger partial charge in [0.2, 0.25) is 17.6 Å². The monoisotopic (exact) mass is 800 g/mol. The summed E-state index contributed by atoms with van der Waals surface area (Å²) in [6, 6.07) is 17.4. The molecule has 0 unspecified atom stereocenters. The van der Waals surface area contributed by atoms with Crippen LogP contribution in [-0.4, -0.2) is 75.7 Å². The van der Waals surface area contributed by atoms with Gasteiger partial charge in [-0.1, -0.05) is 94.2 Å². The fourth-order valence-electron chi connectivity index (χ4n) is 7.71. The molecular weight excluding hydrogens is 752 g/mol. The van der Waals surface area contributed by atoms with Crippen LogP contribution in [0.1, 0.15) is 89.7 Å². The van der Waals surface area contributed by atoms with Crippen LogP contribution in [0.15, 0.2) is 66.9 Å². The van der Waals surface area contributed by atoms with Gasteiger partial charge >= 0.3 is 6.09 Å². The van der Waals surface area contributed by atoms with Gasteiger partial charge in [-0.05, 0) is 71.1 Å². The van der Waals surface area contributed by atoms with Crippen LogP contribution in [-0.2, 0) is 23.9 Å². The lowest BCUT2D eigenvalue weighted by Crippen LogP contribution is -2.59. The Labute approximate surface area is 338 Å². The van der Waals surface area contributed by atoms with Crippen LogP contribution < -0.4 is 15.4 Å². The number of nitrogens with zero attached hydrogens (tertiary/aromatic N) is 2. The van der Waals surface area contributed by atoms with Crippen LogP contribution >= 0.6 is 23.8 Å². The number of likely N-dealkylation sites (tertiary alicyclic amines) is 1. The number of halogens is 1. The Morgan fingerprint density at radius 3 is 2.23 bits per heavy atom. The Hall–Kier alpha value is -4.68. The predicted molar refractivity (Wildman–Crippen MR) is 216 cm³/mol. The first-order chi connectivity index (χ1) is 26.7. The Morgan fingerprint density at radius 1 is 0.982 bits per heavy atom. The van der Waals surface area contributed by atoms with E-state index in [9.17, 15) is 24.0 Å². The van der Waals surface area contributed by atoms with Crippen LogP contribution in [0.3, 0.4) is 0 Å². The molecule has 1 saturated carbocycles. The van der Waals surface area contributed by atoms with E-state index in [-0.39, 0.29) is 61.0 Å². The van der Waals surface area contributed by atoms with Crippen molar-refractivity contribution in [1.29, 1.82) is 0 Å². The second kappa shape index (κ2) is 17.6. The smallest absolute Gasteiger partial charge is 0.413 e. The van der Waals surface area contributed by atoms with Crippen molar-refractivity contribution in [2.45, 2.75) is 96.7 Å². The number of ketones is 3. The minimum Gasteiger partial charge on any atom is -0.472 e. The highest BCUT2D eigenvalue weighted by Crippen LogP contribution is 2.44. The third-order valence-electron chi connectivity index (χ3n) is 10.8. The summed E-state index contributed by atoms with van der Waals surface area (Å²) in [6.45, 7) is 7.57. The van der Waals surface area contributed by atoms with E-state index >= 15 is 0 Å². The normalized spacial score (nSPS) is 18.6. The summed E-state index contributed by atoms with van der Waals surface area (Å²) in [7, 11) is 0. The number of amides is 2. The number of ether oxygens (including phenoxy) is 2. The van der Waals surface area contributed by atoms with E-state index in [4.69, 9.17) is 33.3 Å². The lowest BCUT2D eigenvalue weighted by atomic mass is 9.85. The van der Waals surface area contributed by atoms with Crippen molar-refractivity contribution in [2.24, 2.45) is 17.3 Å². The fraction of sp³-hybridized carbons (Fsp3) is 0.465. The standard InChI is InChI=1S/C43H49ClN4O7S/c1-5-10-26(38(51)36(50)19-25-15-16-25)20-35(49)34-21-28(55-37-18-17-27(44)22-45-37)23-48(34)40(52)39(43(2,3)4)46-41(56)47-42(53)54-24-33-31-13-8-6-11-29(31)30-12-7-9-14-32(30)33/h6-9,11-14,17-18,22,25-26,28,33-34,39H,5,10,15-16,19-21,23-24H2,1-4H3,(H2,46,47,53,56)/t26-,28-,34+,39-/m1/s1. The average molecular weight is 801 g/mol. The average Bonchev–Trinajstić information content (AvgIpc) is 3.79. The summed E-state index contributed by atoms with van der Waals surface area (Å²) < 4.78 is 11.8. The zero-order valence-electron chi connectivity index (χ0n) is 32.2. The van der Waals surface area contributed by atoms with E-state index < -0.39 is 53.1 Å². The molecule has 2 aromatic carbocycles. The highest BCUT2D eigenvalue weighted by molar-refractivity contribution is 7.80. The van der Waals surface area contributed by atoms with E-state index in [0.29, 0.717) is 17.9 Å². The molecule has 13 heteroatoms. The van der Waals surface area contributed by atoms with Gasteiger partial charge in [0.25, 0.3) is 0 Å². The van der Waals surface area contributed by atoms with Gasteiger partial charge in [-0.15, -0.1) is 0 Å². The molecule has 296 valence electrons.